The van der Waals surface area contributed by atoms with E-state index >= 15 is 0 Å². The minimum Gasteiger partial charge on any atom is -0.487 e. The molecule has 5 nitrogen and oxygen atoms in total. The molecule has 0 aromatic carbocycles. The van der Waals surface area contributed by atoms with E-state index in [9.17, 15) is 13.6 Å². The molecular formula is C12H15F2N3O2. The fraction of sp³-hybridized carbons (Fsp3) is 0.500. The van der Waals surface area contributed by atoms with E-state index in [2.05, 4.69) is 15.6 Å². The van der Waals surface area contributed by atoms with Crippen LogP contribution in [0.2, 0.25) is 0 Å². The zero-order valence-electron chi connectivity index (χ0n) is 10.2. The molecule has 0 spiro atoms. The van der Waals surface area contributed by atoms with Gasteiger partial charge in [0.15, 0.2) is 0 Å². The lowest BCUT2D eigenvalue weighted by molar-refractivity contribution is 0.0887. The summed E-state index contributed by atoms with van der Waals surface area (Å²) in [5.41, 5.74) is 0.0950. The normalized spacial score (nSPS) is 18.6. The van der Waals surface area contributed by atoms with E-state index in [4.69, 9.17) is 4.74 Å². The summed E-state index contributed by atoms with van der Waals surface area (Å²) < 4.78 is 29.5. The van der Waals surface area contributed by atoms with Gasteiger partial charge in [-0.25, -0.2) is 13.8 Å². The van der Waals surface area contributed by atoms with Crippen LogP contribution >= 0.6 is 0 Å². The van der Waals surface area contributed by atoms with Gasteiger partial charge in [-0.15, -0.1) is 0 Å². The number of nitrogens with zero attached hydrogens (tertiary/aromatic N) is 1. The van der Waals surface area contributed by atoms with Crippen molar-refractivity contribution in [1.29, 1.82) is 0 Å². The van der Waals surface area contributed by atoms with Crippen molar-refractivity contribution in [3.05, 3.63) is 24.0 Å². The van der Waals surface area contributed by atoms with Crippen molar-refractivity contribution in [3.63, 3.8) is 0 Å². The van der Waals surface area contributed by atoms with Gasteiger partial charge in [-0.2, -0.15) is 0 Å². The fourth-order valence-corrected chi connectivity index (χ4v) is 1.77. The van der Waals surface area contributed by atoms with Gasteiger partial charge in [0.05, 0.1) is 12.7 Å². The van der Waals surface area contributed by atoms with E-state index in [1.165, 1.54) is 12.3 Å². The van der Waals surface area contributed by atoms with E-state index in [-0.39, 0.29) is 11.8 Å². The summed E-state index contributed by atoms with van der Waals surface area (Å²) >= 11 is 0. The van der Waals surface area contributed by atoms with Crippen molar-refractivity contribution in [3.8, 4) is 5.75 Å². The molecule has 0 bridgehead atoms. The van der Waals surface area contributed by atoms with Crippen LogP contribution < -0.4 is 15.4 Å². The second-order valence-electron chi connectivity index (χ2n) is 4.21. The zero-order valence-corrected chi connectivity index (χ0v) is 10.2. The molecule has 0 radical (unpaired) electrons. The largest absolute Gasteiger partial charge is 0.487 e. The molecule has 7 heteroatoms. The van der Waals surface area contributed by atoms with E-state index < -0.39 is 18.9 Å². The Hall–Kier alpha value is -1.76. The Morgan fingerprint density at radius 3 is 3.00 bits per heavy atom. The number of pyridine rings is 1. The van der Waals surface area contributed by atoms with Crippen LogP contribution in [0.15, 0.2) is 18.3 Å². The molecule has 1 aromatic heterocycles. The first-order valence-corrected chi connectivity index (χ1v) is 6.05. The maximum absolute atomic E-state index is 11.9. The predicted molar refractivity (Wildman–Crippen MR) is 64.5 cm³/mol. The highest BCUT2D eigenvalue weighted by atomic mass is 19.3. The molecule has 2 N–H and O–H groups in total. The highest BCUT2D eigenvalue weighted by molar-refractivity contribution is 5.92. The SMILES string of the molecule is O=C(NCC(F)F)c1ccc(O[C@@H]2CCNC2)cn1. The lowest BCUT2D eigenvalue weighted by Crippen LogP contribution is -2.29. The summed E-state index contributed by atoms with van der Waals surface area (Å²) in [5.74, 6) is -0.0477. The van der Waals surface area contributed by atoms with Crippen LogP contribution in [0.5, 0.6) is 5.75 Å². The van der Waals surface area contributed by atoms with Crippen molar-refractivity contribution < 1.29 is 18.3 Å². The number of alkyl halides is 2. The van der Waals surface area contributed by atoms with Crippen molar-refractivity contribution in [2.45, 2.75) is 19.0 Å². The molecule has 2 rings (SSSR count). The van der Waals surface area contributed by atoms with Crippen LogP contribution in [0.4, 0.5) is 8.78 Å². The lowest BCUT2D eigenvalue weighted by atomic mass is 10.3. The molecule has 1 atom stereocenters. The van der Waals surface area contributed by atoms with Crippen LogP contribution in [-0.4, -0.2) is 43.1 Å². The number of ether oxygens (including phenoxy) is 1. The molecule has 19 heavy (non-hydrogen) atoms. The summed E-state index contributed by atoms with van der Waals surface area (Å²) in [6.45, 7) is 1.04. The van der Waals surface area contributed by atoms with Gasteiger partial charge in [-0.1, -0.05) is 0 Å². The lowest BCUT2D eigenvalue weighted by Gasteiger charge is -2.12. The van der Waals surface area contributed by atoms with Crippen molar-refractivity contribution in [2.75, 3.05) is 19.6 Å². The molecular weight excluding hydrogens is 256 g/mol. The van der Waals surface area contributed by atoms with Crippen LogP contribution in [-0.2, 0) is 0 Å². The summed E-state index contributed by atoms with van der Waals surface area (Å²) in [7, 11) is 0. The third-order valence-electron chi connectivity index (χ3n) is 2.70. The van der Waals surface area contributed by atoms with Crippen LogP contribution in [0.3, 0.4) is 0 Å². The first kappa shape index (κ1) is 13.7. The number of carbonyl (C=O) groups is 1. The van der Waals surface area contributed by atoms with Gasteiger partial charge in [0.2, 0.25) is 0 Å². The first-order valence-electron chi connectivity index (χ1n) is 6.05. The van der Waals surface area contributed by atoms with Gasteiger partial charge >= 0.3 is 0 Å². The van der Waals surface area contributed by atoms with Crippen LogP contribution in [0.25, 0.3) is 0 Å². The fourth-order valence-electron chi connectivity index (χ4n) is 1.77. The molecule has 0 aliphatic carbocycles. The maximum atomic E-state index is 11.9. The Kier molecular flexibility index (Phi) is 4.62. The zero-order chi connectivity index (χ0) is 13.7. The molecule has 0 unspecified atom stereocenters. The van der Waals surface area contributed by atoms with Crippen molar-refractivity contribution >= 4 is 5.91 Å². The minimum atomic E-state index is -2.57. The Bertz CT molecular complexity index is 419. The second-order valence-corrected chi connectivity index (χ2v) is 4.21. The van der Waals surface area contributed by atoms with Crippen LogP contribution in [0.1, 0.15) is 16.9 Å². The van der Waals surface area contributed by atoms with Crippen molar-refractivity contribution in [1.82, 2.24) is 15.6 Å². The maximum Gasteiger partial charge on any atom is 0.270 e. The smallest absolute Gasteiger partial charge is 0.270 e. The summed E-state index contributed by atoms with van der Waals surface area (Å²) in [6, 6.07) is 3.07. The summed E-state index contributed by atoms with van der Waals surface area (Å²) in [5, 5.41) is 5.26. The average molecular weight is 271 g/mol. The molecule has 1 aliphatic rings. The van der Waals surface area contributed by atoms with Gasteiger partial charge in [0, 0.05) is 6.54 Å². The molecule has 1 saturated heterocycles. The monoisotopic (exact) mass is 271 g/mol. The number of halogens is 2. The average Bonchev–Trinajstić information content (AvgIpc) is 2.89. The first-order chi connectivity index (χ1) is 9.15. The highest BCUT2D eigenvalue weighted by Gasteiger charge is 2.16. The van der Waals surface area contributed by atoms with E-state index in [1.54, 1.807) is 6.07 Å². The molecule has 1 fully saturated rings. The Morgan fingerprint density at radius 1 is 1.58 bits per heavy atom. The molecule has 0 saturated carbocycles. The topological polar surface area (TPSA) is 63.2 Å². The summed E-state index contributed by atoms with van der Waals surface area (Å²) in [4.78, 5) is 15.3. The number of carbonyl (C=O) groups excluding carboxylic acids is 1. The molecule has 104 valence electrons. The number of amides is 1. The number of hydrogen-bond acceptors (Lipinski definition) is 4. The standard InChI is InChI=1S/C12H15F2N3O2/c13-11(14)7-17-12(18)10-2-1-8(6-16-10)19-9-3-4-15-5-9/h1-2,6,9,11,15H,3-5,7H2,(H,17,18)/t9-/m1/s1. The molecule has 1 amide bonds. The Labute approximate surface area is 109 Å². The third kappa shape index (κ3) is 4.13. The van der Waals surface area contributed by atoms with Gasteiger partial charge in [0.25, 0.3) is 12.3 Å². The number of hydrogen-bond donors (Lipinski definition) is 2. The van der Waals surface area contributed by atoms with E-state index in [0.29, 0.717) is 5.75 Å². The molecule has 2 heterocycles. The van der Waals surface area contributed by atoms with Crippen LogP contribution in [0, 0.1) is 0 Å². The van der Waals surface area contributed by atoms with Gasteiger partial charge in [0.1, 0.15) is 17.5 Å². The third-order valence-corrected chi connectivity index (χ3v) is 2.70. The summed E-state index contributed by atoms with van der Waals surface area (Å²) in [6.07, 6.45) is -0.103. The van der Waals surface area contributed by atoms with Gasteiger partial charge in [-0.05, 0) is 25.1 Å². The number of nitrogens with one attached hydrogen (secondary N) is 2. The Balaban J connectivity index is 1.88. The van der Waals surface area contributed by atoms with E-state index in [0.717, 1.165) is 19.5 Å². The van der Waals surface area contributed by atoms with Crippen molar-refractivity contribution in [2.24, 2.45) is 0 Å². The second kappa shape index (κ2) is 6.42. The quantitative estimate of drug-likeness (QED) is 0.832. The molecule has 1 aliphatic heterocycles. The molecule has 1 aromatic rings. The number of aromatic nitrogens is 1. The van der Waals surface area contributed by atoms with E-state index in [1.807, 2.05) is 0 Å². The van der Waals surface area contributed by atoms with Gasteiger partial charge < -0.3 is 15.4 Å². The Morgan fingerprint density at radius 2 is 2.42 bits per heavy atom. The predicted octanol–water partition coefficient (Wildman–Crippen LogP) is 0.817. The number of rotatable bonds is 5. The highest BCUT2D eigenvalue weighted by Crippen LogP contribution is 2.14. The van der Waals surface area contributed by atoms with Gasteiger partial charge in [-0.3, -0.25) is 4.79 Å². The minimum absolute atomic E-state index is 0.0950.